The zero-order valence-corrected chi connectivity index (χ0v) is 37.9. The number of aryl methyl sites for hydroxylation is 1. The molecule has 0 radical (unpaired) electrons. The van der Waals surface area contributed by atoms with Gasteiger partial charge in [-0.2, -0.15) is 0 Å². The van der Waals surface area contributed by atoms with Crippen molar-refractivity contribution < 1.29 is 6.85 Å². The van der Waals surface area contributed by atoms with E-state index < -0.39 is 11.5 Å². The van der Waals surface area contributed by atoms with Gasteiger partial charge in [-0.3, -0.25) is 0 Å². The van der Waals surface area contributed by atoms with Crippen LogP contribution in [0.5, 0.6) is 0 Å². The van der Waals surface area contributed by atoms with Crippen LogP contribution in [0.15, 0.2) is 230 Å². The quantitative estimate of drug-likeness (QED) is 0.165. The lowest BCUT2D eigenvalue weighted by Gasteiger charge is -2.33. The third-order valence-electron chi connectivity index (χ3n) is 15.3. The molecule has 1 unspecified atom stereocenters. The van der Waals surface area contributed by atoms with Gasteiger partial charge in [-0.25, -0.2) is 0 Å². The Hall–Kier alpha value is -8.40. The van der Waals surface area contributed by atoms with Crippen LogP contribution in [0.3, 0.4) is 0 Å². The van der Waals surface area contributed by atoms with E-state index in [4.69, 9.17) is 4.11 Å². The van der Waals surface area contributed by atoms with Crippen LogP contribution in [0.4, 0.5) is 34.1 Å². The Kier molecular flexibility index (Phi) is 7.15. The minimum absolute atomic E-state index is 0.0931. The van der Waals surface area contributed by atoms with Crippen LogP contribution in [0.2, 0.25) is 0 Å². The molecule has 1 spiro atoms. The van der Waals surface area contributed by atoms with Gasteiger partial charge in [0.25, 0.3) is 0 Å². The Labute approximate surface area is 404 Å². The van der Waals surface area contributed by atoms with Gasteiger partial charge < -0.3 is 14.4 Å². The topological polar surface area (TPSA) is 11.4 Å². The summed E-state index contributed by atoms with van der Waals surface area (Å²) in [5.41, 5.74) is 20.1. The highest BCUT2D eigenvalue weighted by atomic mass is 15.1. The Balaban J connectivity index is 1.03. The van der Waals surface area contributed by atoms with E-state index in [0.29, 0.717) is 11.4 Å². The summed E-state index contributed by atoms with van der Waals surface area (Å²) in [5, 5.41) is 2.43. The molecule has 1 heterocycles. The molecule has 14 rings (SSSR count). The third kappa shape index (κ3) is 5.24. The van der Waals surface area contributed by atoms with E-state index in [0.717, 1.165) is 56.0 Å². The first kappa shape index (κ1) is 34.0. The first-order valence-electron chi connectivity index (χ1n) is 25.9. The second-order valence-electron chi connectivity index (χ2n) is 19.0. The summed E-state index contributed by atoms with van der Waals surface area (Å²) < 4.78 is 46.8. The van der Waals surface area contributed by atoms with Crippen LogP contribution in [0.25, 0.3) is 55.2 Å². The summed E-state index contributed by atoms with van der Waals surface area (Å²) in [7, 11) is 2.16. The summed E-state index contributed by atoms with van der Waals surface area (Å²) in [4.78, 5) is 4.26. The van der Waals surface area contributed by atoms with Crippen molar-refractivity contribution in [3.8, 4) is 33.4 Å². The van der Waals surface area contributed by atoms with Crippen molar-refractivity contribution in [1.82, 2.24) is 4.57 Å². The van der Waals surface area contributed by atoms with Crippen molar-refractivity contribution in [3.05, 3.63) is 264 Å². The van der Waals surface area contributed by atoms with Gasteiger partial charge in [-0.15, -0.1) is 0 Å². The molecular formula is C65H47N3. The molecule has 322 valence electrons. The molecule has 0 N–H and O–H groups in total. The predicted molar refractivity (Wildman–Crippen MR) is 284 cm³/mol. The van der Waals surface area contributed by atoms with Gasteiger partial charge in [0.05, 0.1) is 17.8 Å². The number of anilines is 6. The maximum absolute atomic E-state index is 9.24. The lowest BCUT2D eigenvalue weighted by Crippen LogP contribution is -2.26. The fourth-order valence-corrected chi connectivity index (χ4v) is 12.3. The number of nitrogens with zero attached hydrogens (tertiary/aromatic N) is 3. The molecule has 3 nitrogen and oxygen atoms in total. The number of hydrogen-bond donors (Lipinski definition) is 0. The number of para-hydroxylation sites is 3. The van der Waals surface area contributed by atoms with Crippen LogP contribution in [-0.2, 0) is 17.9 Å². The minimum Gasteiger partial charge on any atom is -0.344 e. The zero-order chi connectivity index (χ0) is 49.7. The standard InChI is InChI=1S/C65H47N3/c1-64(2)56-26-14-10-22-48(56)51-34-30-44(38-59(51)64)68(47-33-37-55-54-25-13-17-29-62(54)66(3)63(55)41-47)46-32-36-53-50-24-12-16-28-58(50)65(61(53)40-46)57-27-15-11-23-49(57)52-35-31-45(39-60(52)65)67(42-18-6-4-7-19-42)43-20-8-5-9-21-43/h4-41H,1-3H3/i4D,6D,7D,18D,19D. The van der Waals surface area contributed by atoms with E-state index in [9.17, 15) is 2.74 Å². The Morgan fingerprint density at radius 3 is 1.43 bits per heavy atom. The van der Waals surface area contributed by atoms with E-state index >= 15 is 0 Å². The number of hydrogen-bond acceptors (Lipinski definition) is 2. The highest BCUT2D eigenvalue weighted by molar-refractivity contribution is 6.09. The minimum atomic E-state index is -0.793. The first-order chi connectivity index (χ1) is 35.5. The fourth-order valence-electron chi connectivity index (χ4n) is 12.3. The maximum Gasteiger partial charge on any atom is 0.0727 e. The molecule has 10 aromatic carbocycles. The van der Waals surface area contributed by atoms with E-state index in [1.54, 1.807) is 0 Å². The van der Waals surface area contributed by atoms with Crippen molar-refractivity contribution in [2.24, 2.45) is 7.05 Å². The number of rotatable bonds is 6. The van der Waals surface area contributed by atoms with Crippen LogP contribution >= 0.6 is 0 Å². The van der Waals surface area contributed by atoms with Crippen molar-refractivity contribution >= 4 is 55.9 Å². The molecule has 3 heteroatoms. The SMILES string of the molecule is [2H]c1c([2H])c([2H])c(N(c2ccccc2)c2ccc3c(c2)C2(c4ccccc4-c4ccc(N(c5ccc6c(c5)C(C)(C)c5ccccc5-6)c5ccc6c7ccccc7n(C)c6c5)cc42)c2ccccc2-3)c([2H])c1[2H]. The van der Waals surface area contributed by atoms with Gasteiger partial charge in [0.15, 0.2) is 0 Å². The molecule has 0 saturated carbocycles. The highest BCUT2D eigenvalue weighted by Crippen LogP contribution is 2.64. The predicted octanol–water partition coefficient (Wildman–Crippen LogP) is 16.9. The molecule has 0 fully saturated rings. The van der Waals surface area contributed by atoms with Gasteiger partial charge in [0.2, 0.25) is 0 Å². The summed E-state index contributed by atoms with van der Waals surface area (Å²) >= 11 is 0. The molecule has 68 heavy (non-hydrogen) atoms. The van der Waals surface area contributed by atoms with Crippen molar-refractivity contribution in [1.29, 1.82) is 0 Å². The Morgan fingerprint density at radius 2 is 0.794 bits per heavy atom. The fraction of sp³-hybridized carbons (Fsp3) is 0.0769. The number of fused-ring (bicyclic) bond motifs is 16. The number of aromatic nitrogens is 1. The highest BCUT2D eigenvalue weighted by Gasteiger charge is 2.52. The molecule has 0 aliphatic heterocycles. The summed E-state index contributed by atoms with van der Waals surface area (Å²) in [6.45, 7) is 4.67. The molecule has 0 bridgehead atoms. The monoisotopic (exact) mass is 874 g/mol. The molecule has 1 atom stereocenters. The average molecular weight is 875 g/mol. The Morgan fingerprint density at radius 1 is 0.353 bits per heavy atom. The molecule has 0 amide bonds. The summed E-state index contributed by atoms with van der Waals surface area (Å²) in [6, 6.07) is 70.0. The smallest absolute Gasteiger partial charge is 0.0727 e. The van der Waals surface area contributed by atoms with Crippen molar-refractivity contribution in [3.63, 3.8) is 0 Å². The third-order valence-corrected chi connectivity index (χ3v) is 15.3. The Bertz CT molecular complexity index is 4130. The lowest BCUT2D eigenvalue weighted by atomic mass is 9.70. The second kappa shape index (κ2) is 14.3. The van der Waals surface area contributed by atoms with Gasteiger partial charge in [-0.05, 0) is 146 Å². The maximum atomic E-state index is 9.24. The van der Waals surface area contributed by atoms with E-state index in [1.807, 2.05) is 41.3 Å². The van der Waals surface area contributed by atoms with Crippen LogP contribution in [-0.4, -0.2) is 4.57 Å². The van der Waals surface area contributed by atoms with Gasteiger partial charge in [0.1, 0.15) is 0 Å². The summed E-state index contributed by atoms with van der Waals surface area (Å²) in [6.07, 6.45) is 0. The zero-order valence-electron chi connectivity index (χ0n) is 42.9. The van der Waals surface area contributed by atoms with Crippen LogP contribution in [0, 0.1) is 0 Å². The largest absolute Gasteiger partial charge is 0.344 e. The summed E-state index contributed by atoms with van der Waals surface area (Å²) in [5.74, 6) is 0. The van der Waals surface area contributed by atoms with Crippen LogP contribution in [0.1, 0.15) is 54.1 Å². The lowest BCUT2D eigenvalue weighted by molar-refractivity contribution is 0.660. The normalized spacial score (nSPS) is 16.5. The van der Waals surface area contributed by atoms with Crippen LogP contribution < -0.4 is 9.80 Å². The van der Waals surface area contributed by atoms with E-state index in [-0.39, 0.29) is 35.3 Å². The molecule has 11 aromatic rings. The van der Waals surface area contributed by atoms with Crippen molar-refractivity contribution in [2.75, 3.05) is 9.80 Å². The average Bonchev–Trinajstić information content (AvgIpc) is 4.08. The van der Waals surface area contributed by atoms with E-state index in [2.05, 4.69) is 194 Å². The van der Waals surface area contributed by atoms with Gasteiger partial charge >= 0.3 is 0 Å². The number of benzene rings is 10. The molecular weight excluding hydrogens is 823 g/mol. The second-order valence-corrected chi connectivity index (χ2v) is 19.0. The molecule has 3 aliphatic carbocycles. The molecule has 3 aliphatic rings. The molecule has 1 aromatic heterocycles. The van der Waals surface area contributed by atoms with E-state index in [1.165, 1.54) is 49.7 Å². The first-order valence-corrected chi connectivity index (χ1v) is 23.4. The van der Waals surface area contributed by atoms with Crippen molar-refractivity contribution in [2.45, 2.75) is 24.7 Å². The molecule has 0 saturated heterocycles. The van der Waals surface area contributed by atoms with Gasteiger partial charge in [-0.1, -0.05) is 165 Å². The van der Waals surface area contributed by atoms with Gasteiger partial charge in [0, 0.05) is 62.9 Å².